The molecule has 0 aliphatic rings. The van der Waals surface area contributed by atoms with Crippen LogP contribution >= 0.6 is 11.6 Å². The van der Waals surface area contributed by atoms with Crippen molar-refractivity contribution in [3.63, 3.8) is 0 Å². The molecule has 0 saturated carbocycles. The van der Waals surface area contributed by atoms with Gasteiger partial charge in [-0.2, -0.15) is 0 Å². The van der Waals surface area contributed by atoms with Crippen LogP contribution in [0.5, 0.6) is 23.0 Å². The molecule has 7 heteroatoms. The van der Waals surface area contributed by atoms with Crippen LogP contribution in [0.2, 0.25) is 5.02 Å². The van der Waals surface area contributed by atoms with Gasteiger partial charge in [-0.3, -0.25) is 9.59 Å². The van der Waals surface area contributed by atoms with Crippen molar-refractivity contribution in [1.82, 2.24) is 0 Å². The average molecular weight is 405 g/mol. The van der Waals surface area contributed by atoms with E-state index in [-0.39, 0.29) is 33.4 Å². The summed E-state index contributed by atoms with van der Waals surface area (Å²) < 4.78 is 5.26. The number of ketones is 1. The molecule has 0 heterocycles. The Morgan fingerprint density at radius 2 is 1.75 bits per heavy atom. The highest BCUT2D eigenvalue weighted by atomic mass is 35.5. The van der Waals surface area contributed by atoms with E-state index in [0.29, 0.717) is 11.8 Å². The summed E-state index contributed by atoms with van der Waals surface area (Å²) in [5.74, 6) is -2.17. The van der Waals surface area contributed by atoms with Crippen molar-refractivity contribution in [2.45, 2.75) is 20.8 Å². The number of allylic oxidation sites excluding steroid dienone is 1. The van der Waals surface area contributed by atoms with E-state index in [0.717, 1.165) is 0 Å². The largest absolute Gasteiger partial charge is 0.507 e. The molecule has 0 spiro atoms. The van der Waals surface area contributed by atoms with Crippen LogP contribution in [-0.2, 0) is 0 Å². The molecule has 6 nitrogen and oxygen atoms in total. The van der Waals surface area contributed by atoms with E-state index in [9.17, 15) is 24.9 Å². The van der Waals surface area contributed by atoms with Crippen LogP contribution in [-0.4, -0.2) is 34.5 Å². The summed E-state index contributed by atoms with van der Waals surface area (Å²) in [7, 11) is 1.36. The number of phenolic OH excluding ortho intramolecular Hbond substituents is 3. The number of halogens is 1. The topological polar surface area (TPSA) is 104 Å². The number of hydrogen-bond acceptors (Lipinski definition) is 6. The van der Waals surface area contributed by atoms with E-state index in [1.165, 1.54) is 19.2 Å². The van der Waals surface area contributed by atoms with Gasteiger partial charge in [-0.05, 0) is 24.5 Å². The van der Waals surface area contributed by atoms with Gasteiger partial charge in [-0.15, -0.1) is 0 Å². The SMILES string of the molecule is COc1cc(O)c(C=O)c(C(=O)c2c(O)cc(C)c(Cl)c2O)c1/C=C/C(C)C. The second-order valence-corrected chi connectivity index (χ2v) is 6.98. The molecule has 148 valence electrons. The quantitative estimate of drug-likeness (QED) is 0.484. The Morgan fingerprint density at radius 3 is 2.29 bits per heavy atom. The number of aldehydes is 1. The Hall–Kier alpha value is -2.99. The predicted octanol–water partition coefficient (Wildman–Crippen LogP) is 4.49. The molecule has 0 saturated heterocycles. The molecule has 0 fully saturated rings. The molecular weight excluding hydrogens is 384 g/mol. The lowest BCUT2D eigenvalue weighted by atomic mass is 9.90. The standard InChI is InChI=1S/C21H21ClO6/c1-10(2)5-6-12-16(28-4)8-14(24)13(9-23)17(12)20(26)18-15(25)7-11(3)19(22)21(18)27/h5-10,24-25,27H,1-4H3/b6-5+. The molecular formula is C21H21ClO6. The van der Waals surface area contributed by atoms with Crippen LogP contribution < -0.4 is 4.74 Å². The molecule has 0 radical (unpaired) electrons. The summed E-state index contributed by atoms with van der Waals surface area (Å²) >= 11 is 6.02. The van der Waals surface area contributed by atoms with Crippen molar-refractivity contribution in [2.24, 2.45) is 5.92 Å². The number of ether oxygens (including phenoxy) is 1. The Labute approximate surface area is 167 Å². The molecule has 0 amide bonds. The zero-order chi connectivity index (χ0) is 21.2. The van der Waals surface area contributed by atoms with Crippen molar-refractivity contribution >= 4 is 29.7 Å². The second-order valence-electron chi connectivity index (χ2n) is 6.60. The maximum absolute atomic E-state index is 13.3. The van der Waals surface area contributed by atoms with E-state index in [2.05, 4.69) is 0 Å². The fourth-order valence-electron chi connectivity index (χ4n) is 2.77. The lowest BCUT2D eigenvalue weighted by Crippen LogP contribution is -2.10. The third-order valence-electron chi connectivity index (χ3n) is 4.19. The van der Waals surface area contributed by atoms with E-state index < -0.39 is 28.6 Å². The van der Waals surface area contributed by atoms with Crippen molar-refractivity contribution in [3.05, 3.63) is 51.0 Å². The number of phenols is 3. The Morgan fingerprint density at radius 1 is 1.11 bits per heavy atom. The zero-order valence-electron chi connectivity index (χ0n) is 15.9. The molecule has 0 bridgehead atoms. The molecule has 0 atom stereocenters. The average Bonchev–Trinajstić information content (AvgIpc) is 2.63. The minimum Gasteiger partial charge on any atom is -0.507 e. The van der Waals surface area contributed by atoms with Gasteiger partial charge < -0.3 is 20.1 Å². The summed E-state index contributed by atoms with van der Waals surface area (Å²) in [4.78, 5) is 24.9. The van der Waals surface area contributed by atoms with Crippen LogP contribution in [0.3, 0.4) is 0 Å². The third kappa shape index (κ3) is 3.82. The summed E-state index contributed by atoms with van der Waals surface area (Å²) in [6.45, 7) is 5.40. The fraction of sp³-hybridized carbons (Fsp3) is 0.238. The van der Waals surface area contributed by atoms with E-state index in [4.69, 9.17) is 16.3 Å². The second kappa shape index (κ2) is 8.35. The molecule has 0 aliphatic carbocycles. The van der Waals surface area contributed by atoms with E-state index in [1.807, 2.05) is 13.8 Å². The van der Waals surface area contributed by atoms with Gasteiger partial charge in [0, 0.05) is 17.2 Å². The van der Waals surface area contributed by atoms with Crippen molar-refractivity contribution in [3.8, 4) is 23.0 Å². The van der Waals surface area contributed by atoms with E-state index >= 15 is 0 Å². The highest BCUT2D eigenvalue weighted by Gasteiger charge is 2.29. The van der Waals surface area contributed by atoms with Crippen molar-refractivity contribution < 1.29 is 29.6 Å². The monoisotopic (exact) mass is 404 g/mol. The van der Waals surface area contributed by atoms with Crippen LogP contribution in [0.15, 0.2) is 18.2 Å². The molecule has 0 unspecified atom stereocenters. The number of aromatic hydroxyl groups is 3. The van der Waals surface area contributed by atoms with Crippen molar-refractivity contribution in [2.75, 3.05) is 7.11 Å². The molecule has 2 aromatic carbocycles. The Bertz CT molecular complexity index is 976. The number of carbonyl (C=O) groups is 2. The van der Waals surface area contributed by atoms with Gasteiger partial charge >= 0.3 is 0 Å². The fourth-order valence-corrected chi connectivity index (χ4v) is 2.92. The lowest BCUT2D eigenvalue weighted by molar-refractivity contribution is 0.102. The number of carbonyl (C=O) groups excluding carboxylic acids is 2. The number of aryl methyl sites for hydroxylation is 1. The third-order valence-corrected chi connectivity index (χ3v) is 4.66. The van der Waals surface area contributed by atoms with Gasteiger partial charge in [-0.1, -0.05) is 37.6 Å². The summed E-state index contributed by atoms with van der Waals surface area (Å²) in [5, 5.41) is 30.7. The minimum absolute atomic E-state index is 0.0970. The Kier molecular flexibility index (Phi) is 6.36. The molecule has 28 heavy (non-hydrogen) atoms. The van der Waals surface area contributed by atoms with Crippen LogP contribution in [0.1, 0.15) is 51.3 Å². The Balaban J connectivity index is 2.91. The molecule has 0 aliphatic heterocycles. The van der Waals surface area contributed by atoms with Gasteiger partial charge in [-0.25, -0.2) is 0 Å². The molecule has 3 N–H and O–H groups in total. The first-order valence-electron chi connectivity index (χ1n) is 8.47. The summed E-state index contributed by atoms with van der Waals surface area (Å²) in [5.41, 5.74) is -0.363. The number of rotatable bonds is 6. The highest BCUT2D eigenvalue weighted by molar-refractivity contribution is 6.34. The lowest BCUT2D eigenvalue weighted by Gasteiger charge is -2.16. The predicted molar refractivity (Wildman–Crippen MR) is 107 cm³/mol. The van der Waals surface area contributed by atoms with Gasteiger partial charge in [0.25, 0.3) is 0 Å². The van der Waals surface area contributed by atoms with Crippen LogP contribution in [0.4, 0.5) is 0 Å². The van der Waals surface area contributed by atoms with Crippen LogP contribution in [0.25, 0.3) is 6.08 Å². The van der Waals surface area contributed by atoms with E-state index in [1.54, 1.807) is 19.1 Å². The van der Waals surface area contributed by atoms with Crippen molar-refractivity contribution in [1.29, 1.82) is 0 Å². The molecule has 2 rings (SSSR count). The summed E-state index contributed by atoms with van der Waals surface area (Å²) in [6, 6.07) is 2.46. The first-order chi connectivity index (χ1) is 13.1. The summed E-state index contributed by atoms with van der Waals surface area (Å²) in [6.07, 6.45) is 3.70. The molecule has 2 aromatic rings. The van der Waals surface area contributed by atoms with Gasteiger partial charge in [0.2, 0.25) is 5.78 Å². The first kappa shape index (κ1) is 21.3. The minimum atomic E-state index is -0.878. The highest BCUT2D eigenvalue weighted by Crippen LogP contribution is 2.41. The smallest absolute Gasteiger partial charge is 0.202 e. The number of benzene rings is 2. The zero-order valence-corrected chi connectivity index (χ0v) is 16.7. The molecule has 0 aromatic heterocycles. The van der Waals surface area contributed by atoms with Gasteiger partial charge in [0.1, 0.15) is 28.6 Å². The number of methoxy groups -OCH3 is 1. The first-order valence-corrected chi connectivity index (χ1v) is 8.84. The van der Waals surface area contributed by atoms with Gasteiger partial charge in [0.15, 0.2) is 6.29 Å². The maximum atomic E-state index is 13.3. The van der Waals surface area contributed by atoms with Crippen LogP contribution in [0, 0.1) is 12.8 Å². The van der Waals surface area contributed by atoms with Gasteiger partial charge in [0.05, 0.1) is 17.7 Å². The normalized spacial score (nSPS) is 11.2. The number of hydrogen-bond donors (Lipinski definition) is 3. The maximum Gasteiger partial charge on any atom is 0.202 e.